The quantitative estimate of drug-likeness (QED) is 0.845. The van der Waals surface area contributed by atoms with E-state index in [-0.39, 0.29) is 16.9 Å². The van der Waals surface area contributed by atoms with E-state index in [1.807, 2.05) is 11.8 Å². The Morgan fingerprint density at radius 1 is 1.24 bits per heavy atom. The van der Waals surface area contributed by atoms with E-state index in [1.54, 1.807) is 16.4 Å². The Labute approximate surface area is 143 Å². The van der Waals surface area contributed by atoms with E-state index in [1.165, 1.54) is 12.4 Å². The van der Waals surface area contributed by atoms with E-state index >= 15 is 0 Å². The zero-order valence-electron chi connectivity index (χ0n) is 14.1. The van der Waals surface area contributed by atoms with Crippen molar-refractivity contribution in [2.24, 2.45) is 0 Å². The molecule has 2 aromatic heterocycles. The maximum absolute atomic E-state index is 12.3. The number of aromatic nitrogens is 3. The van der Waals surface area contributed by atoms with Gasteiger partial charge in [0.05, 0.1) is 5.39 Å². The molecule has 132 valence electrons. The Kier molecular flexibility index (Phi) is 4.39. The molecule has 3 heterocycles. The number of aryl methyl sites for hydroxylation is 1. The number of hydrogen-bond donors (Lipinski definition) is 1. The first-order valence-corrected chi connectivity index (χ1v) is 8.06. The van der Waals surface area contributed by atoms with Gasteiger partial charge >= 0.3 is 5.97 Å². The van der Waals surface area contributed by atoms with E-state index in [4.69, 9.17) is 0 Å². The number of carboxylic acid groups (broad SMARTS) is 1. The zero-order valence-corrected chi connectivity index (χ0v) is 14.1. The number of anilines is 1. The lowest BCUT2D eigenvalue weighted by Gasteiger charge is -2.34. The standard InChI is InChI=1S/C16H19N5O4/c1-3-19-9-12(15(24)25)13(23)11-8-17-16(18-14(11)19)21-6-4-20(5-7-21)10(2)22/h8-9H,3-7H2,1-2H3,(H,24,25). The summed E-state index contributed by atoms with van der Waals surface area (Å²) >= 11 is 0. The summed E-state index contributed by atoms with van der Waals surface area (Å²) in [5.74, 6) is -0.751. The molecule has 0 aliphatic carbocycles. The Hall–Kier alpha value is -2.97. The second-order valence-electron chi connectivity index (χ2n) is 5.86. The van der Waals surface area contributed by atoms with E-state index < -0.39 is 11.4 Å². The van der Waals surface area contributed by atoms with Crippen LogP contribution in [0.15, 0.2) is 17.2 Å². The highest BCUT2D eigenvalue weighted by Gasteiger charge is 2.22. The highest BCUT2D eigenvalue weighted by atomic mass is 16.4. The van der Waals surface area contributed by atoms with Crippen molar-refractivity contribution in [3.8, 4) is 0 Å². The van der Waals surface area contributed by atoms with Crippen molar-refractivity contribution in [1.29, 1.82) is 0 Å². The number of piperazine rings is 1. The summed E-state index contributed by atoms with van der Waals surface area (Å²) in [6.07, 6.45) is 2.70. The van der Waals surface area contributed by atoms with Gasteiger partial charge in [-0.1, -0.05) is 0 Å². The molecular weight excluding hydrogens is 326 g/mol. The number of carbonyl (C=O) groups is 2. The monoisotopic (exact) mass is 345 g/mol. The summed E-state index contributed by atoms with van der Waals surface area (Å²) in [5, 5.41) is 9.37. The fourth-order valence-electron chi connectivity index (χ4n) is 2.93. The molecule has 1 aliphatic heterocycles. The van der Waals surface area contributed by atoms with Crippen LogP contribution in [-0.4, -0.2) is 62.6 Å². The van der Waals surface area contributed by atoms with E-state index in [0.717, 1.165) is 0 Å². The molecule has 0 bridgehead atoms. The van der Waals surface area contributed by atoms with Crippen molar-refractivity contribution in [2.75, 3.05) is 31.1 Å². The van der Waals surface area contributed by atoms with Gasteiger partial charge in [0.25, 0.3) is 0 Å². The van der Waals surface area contributed by atoms with Crippen molar-refractivity contribution in [2.45, 2.75) is 20.4 Å². The van der Waals surface area contributed by atoms with Gasteiger partial charge in [-0.2, -0.15) is 4.98 Å². The van der Waals surface area contributed by atoms with Gasteiger partial charge in [-0.3, -0.25) is 9.59 Å². The number of carboxylic acids is 1. The molecule has 0 radical (unpaired) electrons. The second kappa shape index (κ2) is 6.50. The number of hydrogen-bond acceptors (Lipinski definition) is 6. The SMILES string of the molecule is CCn1cc(C(=O)O)c(=O)c2cnc(N3CCN(C(C)=O)CC3)nc21. The molecular formula is C16H19N5O4. The van der Waals surface area contributed by atoms with Crippen LogP contribution in [0.3, 0.4) is 0 Å². The number of amides is 1. The first-order valence-electron chi connectivity index (χ1n) is 8.06. The van der Waals surface area contributed by atoms with Crippen molar-refractivity contribution in [3.05, 3.63) is 28.2 Å². The second-order valence-corrected chi connectivity index (χ2v) is 5.86. The number of aromatic carboxylic acids is 1. The molecule has 0 unspecified atom stereocenters. The summed E-state index contributed by atoms with van der Waals surface area (Å²) in [4.78, 5) is 47.4. The van der Waals surface area contributed by atoms with Gasteiger partial charge in [-0.15, -0.1) is 0 Å². The summed E-state index contributed by atoms with van der Waals surface area (Å²) < 4.78 is 1.64. The van der Waals surface area contributed by atoms with Crippen molar-refractivity contribution < 1.29 is 14.7 Å². The van der Waals surface area contributed by atoms with Gasteiger partial charge in [0.15, 0.2) is 0 Å². The Morgan fingerprint density at radius 2 is 1.92 bits per heavy atom. The van der Waals surface area contributed by atoms with Crippen LogP contribution in [0.2, 0.25) is 0 Å². The topological polar surface area (TPSA) is 109 Å². The van der Waals surface area contributed by atoms with Crippen LogP contribution >= 0.6 is 0 Å². The minimum Gasteiger partial charge on any atom is -0.477 e. The van der Waals surface area contributed by atoms with Crippen LogP contribution < -0.4 is 10.3 Å². The molecule has 9 heteroatoms. The Morgan fingerprint density at radius 3 is 2.48 bits per heavy atom. The molecule has 3 rings (SSSR count). The van der Waals surface area contributed by atoms with Gasteiger partial charge in [0.2, 0.25) is 17.3 Å². The van der Waals surface area contributed by atoms with E-state index in [0.29, 0.717) is 44.3 Å². The minimum atomic E-state index is -1.27. The Bertz CT molecular complexity index is 899. The summed E-state index contributed by atoms with van der Waals surface area (Å²) in [7, 11) is 0. The summed E-state index contributed by atoms with van der Waals surface area (Å²) in [6, 6.07) is 0. The smallest absolute Gasteiger partial charge is 0.341 e. The molecule has 2 aromatic rings. The average molecular weight is 345 g/mol. The normalized spacial score (nSPS) is 14.8. The third kappa shape index (κ3) is 3.04. The maximum Gasteiger partial charge on any atom is 0.341 e. The van der Waals surface area contributed by atoms with Gasteiger partial charge in [0, 0.05) is 52.0 Å². The van der Waals surface area contributed by atoms with E-state index in [2.05, 4.69) is 9.97 Å². The molecule has 0 atom stereocenters. The summed E-state index contributed by atoms with van der Waals surface area (Å²) in [5.41, 5.74) is -0.461. The fraction of sp³-hybridized carbons (Fsp3) is 0.438. The molecule has 0 aromatic carbocycles. The molecule has 1 saturated heterocycles. The first-order chi connectivity index (χ1) is 11.9. The lowest BCUT2D eigenvalue weighted by atomic mass is 10.2. The maximum atomic E-state index is 12.3. The van der Waals surface area contributed by atoms with Gasteiger partial charge in [-0.25, -0.2) is 9.78 Å². The van der Waals surface area contributed by atoms with Gasteiger partial charge in [-0.05, 0) is 6.92 Å². The zero-order chi connectivity index (χ0) is 18.1. The molecule has 1 aliphatic rings. The average Bonchev–Trinajstić information content (AvgIpc) is 2.61. The number of pyridine rings is 1. The predicted molar refractivity (Wildman–Crippen MR) is 90.9 cm³/mol. The molecule has 1 N–H and O–H groups in total. The molecule has 1 amide bonds. The van der Waals surface area contributed by atoms with Crippen LogP contribution in [0.25, 0.3) is 11.0 Å². The van der Waals surface area contributed by atoms with Crippen molar-refractivity contribution in [1.82, 2.24) is 19.4 Å². The highest BCUT2D eigenvalue weighted by Crippen LogP contribution is 2.16. The van der Waals surface area contributed by atoms with Crippen LogP contribution in [-0.2, 0) is 11.3 Å². The fourth-order valence-corrected chi connectivity index (χ4v) is 2.93. The summed E-state index contributed by atoms with van der Waals surface area (Å²) in [6.45, 7) is 6.27. The van der Waals surface area contributed by atoms with Crippen LogP contribution in [0.1, 0.15) is 24.2 Å². The van der Waals surface area contributed by atoms with Crippen LogP contribution in [0.5, 0.6) is 0 Å². The largest absolute Gasteiger partial charge is 0.477 e. The number of fused-ring (bicyclic) bond motifs is 1. The number of nitrogens with zero attached hydrogens (tertiary/aromatic N) is 5. The van der Waals surface area contributed by atoms with Gasteiger partial charge < -0.3 is 19.5 Å². The first kappa shape index (κ1) is 16.9. The number of rotatable bonds is 3. The lowest BCUT2D eigenvalue weighted by Crippen LogP contribution is -2.48. The van der Waals surface area contributed by atoms with Crippen LogP contribution in [0.4, 0.5) is 5.95 Å². The Balaban J connectivity index is 2.00. The van der Waals surface area contributed by atoms with E-state index in [9.17, 15) is 19.5 Å². The number of carbonyl (C=O) groups excluding carboxylic acids is 1. The highest BCUT2D eigenvalue weighted by molar-refractivity contribution is 5.91. The van der Waals surface area contributed by atoms with Gasteiger partial charge in [0.1, 0.15) is 11.2 Å². The molecule has 25 heavy (non-hydrogen) atoms. The molecule has 0 saturated carbocycles. The lowest BCUT2D eigenvalue weighted by molar-refractivity contribution is -0.129. The third-order valence-electron chi connectivity index (χ3n) is 4.38. The molecule has 1 fully saturated rings. The minimum absolute atomic E-state index is 0.0418. The van der Waals surface area contributed by atoms with Crippen molar-refractivity contribution >= 4 is 28.9 Å². The van der Waals surface area contributed by atoms with Crippen LogP contribution in [0, 0.1) is 0 Å². The molecule has 9 nitrogen and oxygen atoms in total. The third-order valence-corrected chi connectivity index (χ3v) is 4.38. The molecule has 0 spiro atoms. The predicted octanol–water partition coefficient (Wildman–Crippen LogP) is 0.178. The van der Waals surface area contributed by atoms with Crippen molar-refractivity contribution in [3.63, 3.8) is 0 Å².